The topological polar surface area (TPSA) is 149 Å². The lowest BCUT2D eigenvalue weighted by molar-refractivity contribution is 0.0944. The highest BCUT2D eigenvalue weighted by Crippen LogP contribution is 2.31. The minimum absolute atomic E-state index is 0.129. The summed E-state index contributed by atoms with van der Waals surface area (Å²) in [5, 5.41) is 13.4. The highest BCUT2D eigenvalue weighted by molar-refractivity contribution is 6.00. The number of hydrogen-bond acceptors (Lipinski definition) is 8. The molecular formula is C20H20N8O3. The van der Waals surface area contributed by atoms with Crippen molar-refractivity contribution in [2.24, 2.45) is 5.73 Å². The molecule has 2 aliphatic heterocycles. The Morgan fingerprint density at radius 3 is 3.00 bits per heavy atom. The number of hydrogen-bond donors (Lipinski definition) is 4. The molecule has 0 bridgehead atoms. The molecule has 2 amide bonds. The van der Waals surface area contributed by atoms with Gasteiger partial charge in [0.05, 0.1) is 12.8 Å². The Hall–Kier alpha value is -4.15. The zero-order chi connectivity index (χ0) is 21.4. The van der Waals surface area contributed by atoms with Gasteiger partial charge in [-0.2, -0.15) is 10.1 Å². The maximum absolute atomic E-state index is 12.1. The van der Waals surface area contributed by atoms with Crippen LogP contribution in [0.3, 0.4) is 0 Å². The number of aryl methyl sites for hydroxylation is 1. The molecule has 0 fully saturated rings. The molecule has 31 heavy (non-hydrogen) atoms. The molecule has 0 unspecified atom stereocenters. The summed E-state index contributed by atoms with van der Waals surface area (Å²) >= 11 is 0. The first kappa shape index (κ1) is 18.9. The number of ether oxygens (including phenoxy) is 1. The number of nitrogens with zero attached hydrogens (tertiary/aromatic N) is 4. The second-order valence-electron chi connectivity index (χ2n) is 7.20. The highest BCUT2D eigenvalue weighted by atomic mass is 16.5. The number of anilines is 4. The van der Waals surface area contributed by atoms with Gasteiger partial charge in [0.1, 0.15) is 17.1 Å². The van der Waals surface area contributed by atoms with Crippen molar-refractivity contribution in [1.82, 2.24) is 25.1 Å². The van der Waals surface area contributed by atoms with Crippen molar-refractivity contribution in [3.8, 4) is 5.88 Å². The van der Waals surface area contributed by atoms with Crippen LogP contribution in [0.25, 0.3) is 0 Å². The first-order valence-electron chi connectivity index (χ1n) is 9.90. The molecule has 5 rings (SSSR count). The van der Waals surface area contributed by atoms with E-state index in [9.17, 15) is 9.59 Å². The van der Waals surface area contributed by atoms with Crippen molar-refractivity contribution in [3.63, 3.8) is 0 Å². The van der Waals surface area contributed by atoms with Gasteiger partial charge in [-0.15, -0.1) is 0 Å². The van der Waals surface area contributed by atoms with E-state index >= 15 is 0 Å². The van der Waals surface area contributed by atoms with Gasteiger partial charge in [-0.05, 0) is 24.1 Å². The Kier molecular flexibility index (Phi) is 4.62. The average Bonchev–Trinajstić information content (AvgIpc) is 3.17. The summed E-state index contributed by atoms with van der Waals surface area (Å²) in [6, 6.07) is 5.37. The molecular weight excluding hydrogens is 400 g/mol. The van der Waals surface area contributed by atoms with Gasteiger partial charge in [-0.3, -0.25) is 9.59 Å². The molecule has 11 nitrogen and oxygen atoms in total. The minimum atomic E-state index is -0.664. The molecule has 2 aliphatic rings. The Labute approximate surface area is 177 Å². The zero-order valence-corrected chi connectivity index (χ0v) is 16.5. The van der Waals surface area contributed by atoms with E-state index in [0.29, 0.717) is 42.4 Å². The number of aromatic nitrogens is 4. The fourth-order valence-electron chi connectivity index (χ4n) is 3.70. The summed E-state index contributed by atoms with van der Waals surface area (Å²) in [6.07, 6.45) is 4.56. The number of carbonyl (C=O) groups excluding carboxylic acids is 2. The van der Waals surface area contributed by atoms with Crippen LogP contribution in [0.5, 0.6) is 5.88 Å². The van der Waals surface area contributed by atoms with E-state index in [1.807, 2.05) is 6.07 Å². The monoisotopic (exact) mass is 420 g/mol. The summed E-state index contributed by atoms with van der Waals surface area (Å²) < 4.78 is 7.45. The summed E-state index contributed by atoms with van der Waals surface area (Å²) in [7, 11) is 0. The van der Waals surface area contributed by atoms with Crippen LogP contribution in [-0.4, -0.2) is 44.7 Å². The van der Waals surface area contributed by atoms with Gasteiger partial charge in [0, 0.05) is 37.0 Å². The third-order valence-electron chi connectivity index (χ3n) is 5.18. The lowest BCUT2D eigenvalue weighted by Gasteiger charge is -2.21. The predicted molar refractivity (Wildman–Crippen MR) is 112 cm³/mol. The van der Waals surface area contributed by atoms with E-state index in [4.69, 9.17) is 10.5 Å². The van der Waals surface area contributed by atoms with Crippen molar-refractivity contribution in [3.05, 3.63) is 47.3 Å². The molecule has 0 atom stereocenters. The van der Waals surface area contributed by atoms with Crippen molar-refractivity contribution in [2.45, 2.75) is 19.4 Å². The highest BCUT2D eigenvalue weighted by Gasteiger charge is 2.22. The Morgan fingerprint density at radius 2 is 2.13 bits per heavy atom. The van der Waals surface area contributed by atoms with Crippen LogP contribution in [0.1, 0.15) is 32.7 Å². The van der Waals surface area contributed by atoms with Crippen LogP contribution in [0, 0.1) is 0 Å². The molecule has 0 spiro atoms. The molecule has 0 radical (unpaired) electrons. The quantitative estimate of drug-likeness (QED) is 0.483. The van der Waals surface area contributed by atoms with Crippen LogP contribution in [-0.2, 0) is 13.0 Å². The molecule has 4 heterocycles. The van der Waals surface area contributed by atoms with E-state index in [-0.39, 0.29) is 23.2 Å². The molecule has 5 N–H and O–H groups in total. The Morgan fingerprint density at radius 1 is 1.23 bits per heavy atom. The van der Waals surface area contributed by atoms with Gasteiger partial charge in [0.15, 0.2) is 0 Å². The van der Waals surface area contributed by atoms with Crippen molar-refractivity contribution >= 4 is 35.0 Å². The maximum atomic E-state index is 12.1. The van der Waals surface area contributed by atoms with Gasteiger partial charge in [0.2, 0.25) is 11.8 Å². The third kappa shape index (κ3) is 3.50. The summed E-state index contributed by atoms with van der Waals surface area (Å²) in [4.78, 5) is 32.8. The van der Waals surface area contributed by atoms with Crippen molar-refractivity contribution < 1.29 is 14.3 Å². The van der Waals surface area contributed by atoms with Crippen LogP contribution in [0.2, 0.25) is 0 Å². The lowest BCUT2D eigenvalue weighted by Crippen LogP contribution is -2.32. The second kappa shape index (κ2) is 7.59. The number of nitrogens with two attached hydrogens (primary N) is 1. The lowest BCUT2D eigenvalue weighted by atomic mass is 9.98. The summed E-state index contributed by atoms with van der Waals surface area (Å²) in [5.41, 5.74) is 8.43. The number of amides is 2. The maximum Gasteiger partial charge on any atom is 0.254 e. The molecule has 1 aromatic carbocycles. The number of benzene rings is 1. The SMILES string of the molecule is NC(=O)c1cnc(Nc2cnn3c2OCCC3)nc1Nc1cccc2c1CCNC2=O. The summed E-state index contributed by atoms with van der Waals surface area (Å²) in [5.74, 6) is 0.316. The minimum Gasteiger partial charge on any atom is -0.476 e. The Bertz CT molecular complexity index is 1190. The second-order valence-corrected chi connectivity index (χ2v) is 7.20. The fraction of sp³-hybridized carbons (Fsp3) is 0.250. The first-order chi connectivity index (χ1) is 15.1. The first-order valence-corrected chi connectivity index (χ1v) is 9.90. The van der Waals surface area contributed by atoms with E-state index in [1.165, 1.54) is 6.20 Å². The molecule has 0 aliphatic carbocycles. The fourth-order valence-corrected chi connectivity index (χ4v) is 3.70. The largest absolute Gasteiger partial charge is 0.476 e. The van der Waals surface area contributed by atoms with Crippen LogP contribution >= 0.6 is 0 Å². The standard InChI is InChI=1S/C20H20N8O3/c21-16(29)13-9-23-20(26-15-10-24-28-7-2-8-31-19(15)28)27-17(13)25-14-4-1-3-12-11(14)5-6-22-18(12)30/h1,3-4,9-10H,2,5-8H2,(H2,21,29)(H,22,30)(H2,23,25,26,27). The van der Waals surface area contributed by atoms with Crippen LogP contribution < -0.4 is 26.4 Å². The summed E-state index contributed by atoms with van der Waals surface area (Å²) in [6.45, 7) is 1.93. The predicted octanol–water partition coefficient (Wildman–Crippen LogP) is 1.33. The number of fused-ring (bicyclic) bond motifs is 2. The van der Waals surface area contributed by atoms with Crippen LogP contribution in [0.15, 0.2) is 30.6 Å². The molecule has 11 heteroatoms. The third-order valence-corrected chi connectivity index (χ3v) is 5.18. The number of rotatable bonds is 5. The van der Waals surface area contributed by atoms with Crippen LogP contribution in [0.4, 0.5) is 23.1 Å². The van der Waals surface area contributed by atoms with E-state index in [1.54, 1.807) is 23.0 Å². The van der Waals surface area contributed by atoms with E-state index < -0.39 is 5.91 Å². The molecule has 0 saturated carbocycles. The smallest absolute Gasteiger partial charge is 0.254 e. The average molecular weight is 420 g/mol. The number of nitrogens with one attached hydrogen (secondary N) is 3. The van der Waals surface area contributed by atoms with Gasteiger partial charge in [-0.1, -0.05) is 6.07 Å². The molecule has 158 valence electrons. The number of carbonyl (C=O) groups is 2. The van der Waals surface area contributed by atoms with Gasteiger partial charge < -0.3 is 26.4 Å². The normalized spacial score (nSPS) is 14.6. The van der Waals surface area contributed by atoms with Gasteiger partial charge in [-0.25, -0.2) is 9.67 Å². The molecule has 3 aromatic rings. The van der Waals surface area contributed by atoms with Gasteiger partial charge >= 0.3 is 0 Å². The molecule has 0 saturated heterocycles. The van der Waals surface area contributed by atoms with Crippen molar-refractivity contribution in [1.29, 1.82) is 0 Å². The van der Waals surface area contributed by atoms with Gasteiger partial charge in [0.25, 0.3) is 11.8 Å². The van der Waals surface area contributed by atoms with E-state index in [0.717, 1.165) is 18.5 Å². The molecule has 2 aromatic heterocycles. The van der Waals surface area contributed by atoms with E-state index in [2.05, 4.69) is 31.0 Å². The zero-order valence-electron chi connectivity index (χ0n) is 16.5. The van der Waals surface area contributed by atoms with Crippen molar-refractivity contribution in [2.75, 3.05) is 23.8 Å². The number of primary amides is 1. The Balaban J connectivity index is 1.49.